The largest absolute Gasteiger partial charge is 0.483 e. The number of rotatable bonds is 7. The Morgan fingerprint density at radius 2 is 1.92 bits per heavy atom. The molecule has 4 heterocycles. The molecule has 190 valence electrons. The molecule has 0 saturated carbocycles. The zero-order valence-corrected chi connectivity index (χ0v) is 20.8. The van der Waals surface area contributed by atoms with Crippen LogP contribution in [0.15, 0.2) is 48.8 Å². The summed E-state index contributed by atoms with van der Waals surface area (Å²) in [4.78, 5) is 18.0. The second kappa shape index (κ2) is 11.4. The summed E-state index contributed by atoms with van der Waals surface area (Å²) in [5.41, 5.74) is 8.28. The van der Waals surface area contributed by atoms with Gasteiger partial charge in [0.25, 0.3) is 6.47 Å². The number of H-pyrrole nitrogens is 1. The number of hydrogen-bond acceptors (Lipinski definition) is 8. The van der Waals surface area contributed by atoms with Crippen molar-refractivity contribution in [1.29, 1.82) is 0 Å². The number of imidazole rings is 1. The number of carbonyl (C=O) groups is 1. The van der Waals surface area contributed by atoms with Gasteiger partial charge in [-0.2, -0.15) is 10.2 Å². The first-order valence-electron chi connectivity index (χ1n) is 11.8. The number of carboxylic acid groups (broad SMARTS) is 1. The van der Waals surface area contributed by atoms with Crippen LogP contribution in [-0.4, -0.2) is 58.2 Å². The molecule has 0 fully saturated rings. The molecule has 0 aliphatic carbocycles. The maximum atomic E-state index is 9.60. The Morgan fingerprint density at radius 3 is 2.62 bits per heavy atom. The fourth-order valence-electron chi connectivity index (χ4n) is 4.09. The number of benzene rings is 1. The molecule has 0 aliphatic heterocycles. The molecule has 5 rings (SSSR count). The van der Waals surface area contributed by atoms with Gasteiger partial charge in [0.1, 0.15) is 12.1 Å². The number of anilines is 2. The van der Waals surface area contributed by atoms with Gasteiger partial charge < -0.3 is 15.5 Å². The van der Waals surface area contributed by atoms with E-state index in [9.17, 15) is 5.11 Å². The predicted octanol–water partition coefficient (Wildman–Crippen LogP) is 3.76. The van der Waals surface area contributed by atoms with E-state index in [2.05, 4.69) is 37.6 Å². The van der Waals surface area contributed by atoms with E-state index < -0.39 is 0 Å². The maximum Gasteiger partial charge on any atom is 0.290 e. The van der Waals surface area contributed by atoms with Crippen LogP contribution in [0.2, 0.25) is 0 Å². The van der Waals surface area contributed by atoms with Gasteiger partial charge in [-0.05, 0) is 68.7 Å². The minimum atomic E-state index is -0.250. The topological polar surface area (TPSA) is 155 Å². The monoisotopic (exact) mass is 500 g/mol. The second-order valence-corrected chi connectivity index (χ2v) is 8.28. The second-order valence-electron chi connectivity index (χ2n) is 8.28. The number of aryl methyl sites for hydroxylation is 3. The molecule has 0 saturated heterocycles. The average molecular weight is 501 g/mol. The third-order valence-corrected chi connectivity index (χ3v) is 5.80. The highest BCUT2D eigenvalue weighted by molar-refractivity contribution is 5.82. The van der Waals surface area contributed by atoms with Gasteiger partial charge in [0.2, 0.25) is 0 Å². The number of nitrogens with zero attached hydrogens (tertiary/aromatic N) is 6. The number of aliphatic hydroxyl groups is 1. The van der Waals surface area contributed by atoms with Crippen molar-refractivity contribution >= 4 is 29.0 Å². The number of nitrogens with one attached hydrogen (secondary N) is 2. The minimum absolute atomic E-state index is 0.0571. The molecule has 0 radical (unpaired) electrons. The van der Waals surface area contributed by atoms with Crippen LogP contribution in [0.4, 0.5) is 11.5 Å². The minimum Gasteiger partial charge on any atom is -0.483 e. The van der Waals surface area contributed by atoms with E-state index in [1.807, 2.05) is 60.9 Å². The van der Waals surface area contributed by atoms with Gasteiger partial charge in [-0.1, -0.05) is 13.0 Å². The van der Waals surface area contributed by atoms with Gasteiger partial charge in [-0.3, -0.25) is 14.5 Å². The molecular weight excluding hydrogens is 472 g/mol. The summed E-state index contributed by atoms with van der Waals surface area (Å²) in [5.74, 6) is 1.43. The fourth-order valence-corrected chi connectivity index (χ4v) is 4.09. The highest BCUT2D eigenvalue weighted by Gasteiger charge is 2.18. The number of fused-ring (bicyclic) bond motifs is 1. The van der Waals surface area contributed by atoms with E-state index in [-0.39, 0.29) is 13.1 Å². The van der Waals surface area contributed by atoms with Crippen molar-refractivity contribution in [2.75, 3.05) is 11.9 Å². The molecule has 4 aromatic heterocycles. The summed E-state index contributed by atoms with van der Waals surface area (Å²) in [7, 11) is 0. The molecule has 0 amide bonds. The van der Waals surface area contributed by atoms with Crippen molar-refractivity contribution in [3.63, 3.8) is 0 Å². The first-order chi connectivity index (χ1) is 18.0. The van der Waals surface area contributed by atoms with Gasteiger partial charge >= 0.3 is 0 Å². The van der Waals surface area contributed by atoms with Gasteiger partial charge in [-0.15, -0.1) is 5.10 Å². The van der Waals surface area contributed by atoms with Crippen LogP contribution in [-0.2, 0) is 17.6 Å². The van der Waals surface area contributed by atoms with Crippen LogP contribution in [0.25, 0.3) is 28.1 Å². The normalized spacial score (nSPS) is 10.7. The van der Waals surface area contributed by atoms with Crippen molar-refractivity contribution in [2.24, 2.45) is 0 Å². The number of aliphatic hydroxyl groups excluding tert-OH is 1. The summed E-state index contributed by atoms with van der Waals surface area (Å²) in [6, 6.07) is 13.8. The summed E-state index contributed by atoms with van der Waals surface area (Å²) < 4.78 is 1.97. The van der Waals surface area contributed by atoms with Crippen LogP contribution >= 0.6 is 0 Å². The Kier molecular flexibility index (Phi) is 7.84. The summed E-state index contributed by atoms with van der Waals surface area (Å²) in [6.07, 6.45) is 3.10. The Morgan fingerprint density at radius 1 is 1.11 bits per heavy atom. The van der Waals surface area contributed by atoms with E-state index in [0.29, 0.717) is 12.2 Å². The smallest absolute Gasteiger partial charge is 0.290 e. The lowest BCUT2D eigenvalue weighted by Gasteiger charge is -2.12. The molecule has 11 nitrogen and oxygen atoms in total. The Hall–Kier alpha value is -4.64. The van der Waals surface area contributed by atoms with Gasteiger partial charge in [0.15, 0.2) is 5.82 Å². The van der Waals surface area contributed by atoms with E-state index in [0.717, 1.165) is 62.9 Å². The van der Waals surface area contributed by atoms with Gasteiger partial charge in [0.05, 0.1) is 28.1 Å². The lowest BCUT2D eigenvalue weighted by atomic mass is 10.0. The Balaban J connectivity index is 0.00000102. The molecule has 4 N–H and O–H groups in total. The quantitative estimate of drug-likeness (QED) is 0.244. The predicted molar refractivity (Wildman–Crippen MR) is 140 cm³/mol. The van der Waals surface area contributed by atoms with Gasteiger partial charge in [0, 0.05) is 23.6 Å². The zero-order chi connectivity index (χ0) is 26.4. The number of hydrogen-bond donors (Lipinski definition) is 4. The van der Waals surface area contributed by atoms with Crippen molar-refractivity contribution in [3.8, 4) is 17.1 Å². The molecule has 11 heteroatoms. The van der Waals surface area contributed by atoms with Gasteiger partial charge in [-0.25, -0.2) is 9.97 Å². The van der Waals surface area contributed by atoms with Crippen molar-refractivity contribution in [2.45, 2.75) is 33.6 Å². The third kappa shape index (κ3) is 5.46. The number of pyridine rings is 1. The standard InChI is InChI=1S/C25H26N8O.CH2O2/c1-4-19-24(16(3)30-31-19)25-17(11-12-34)6-10-23(28-25)33-14-26-20-13-18(7-8-21(20)33)27-22-9-5-15(2)29-32-22;2-1-3/h5-10,13-14,34H,4,11-12H2,1-3H3,(H,27,32)(H,30,31);1H,(H,2,3). The van der Waals surface area contributed by atoms with Crippen molar-refractivity contribution < 1.29 is 15.0 Å². The number of aromatic nitrogens is 7. The van der Waals surface area contributed by atoms with E-state index in [4.69, 9.17) is 14.9 Å². The highest BCUT2D eigenvalue weighted by Crippen LogP contribution is 2.30. The Bertz CT molecular complexity index is 1510. The molecule has 0 unspecified atom stereocenters. The van der Waals surface area contributed by atoms with Crippen LogP contribution in [0.5, 0.6) is 0 Å². The first-order valence-corrected chi connectivity index (χ1v) is 11.8. The fraction of sp³-hybridized carbons (Fsp3) is 0.231. The molecule has 37 heavy (non-hydrogen) atoms. The molecule has 0 atom stereocenters. The van der Waals surface area contributed by atoms with Crippen LogP contribution in [0, 0.1) is 13.8 Å². The van der Waals surface area contributed by atoms with Crippen molar-refractivity contribution in [1.82, 2.24) is 34.9 Å². The summed E-state index contributed by atoms with van der Waals surface area (Å²) in [5, 5.41) is 35.5. The molecule has 0 aliphatic rings. The molecular formula is C26H28N8O3. The first kappa shape index (κ1) is 25.5. The lowest BCUT2D eigenvalue weighted by Crippen LogP contribution is -2.04. The maximum absolute atomic E-state index is 9.60. The summed E-state index contributed by atoms with van der Waals surface area (Å²) >= 11 is 0. The SMILES string of the molecule is CCc1n[nH]c(C)c1-c1nc(-n2cnc3cc(Nc4ccc(C)nn4)ccc32)ccc1CCO.O=CO. The molecule has 0 spiro atoms. The van der Waals surface area contributed by atoms with E-state index in [1.54, 1.807) is 6.33 Å². The third-order valence-electron chi connectivity index (χ3n) is 5.80. The van der Waals surface area contributed by atoms with E-state index >= 15 is 0 Å². The molecule has 5 aromatic rings. The van der Waals surface area contributed by atoms with Crippen LogP contribution in [0.3, 0.4) is 0 Å². The highest BCUT2D eigenvalue weighted by atomic mass is 16.3. The number of aromatic amines is 1. The zero-order valence-electron chi connectivity index (χ0n) is 20.8. The lowest BCUT2D eigenvalue weighted by molar-refractivity contribution is -0.122. The molecule has 0 bridgehead atoms. The average Bonchev–Trinajstić information content (AvgIpc) is 3.49. The van der Waals surface area contributed by atoms with Crippen LogP contribution in [0.1, 0.15) is 29.6 Å². The van der Waals surface area contributed by atoms with E-state index in [1.165, 1.54) is 0 Å². The summed E-state index contributed by atoms with van der Waals surface area (Å²) in [6.45, 7) is 5.79. The molecule has 1 aromatic carbocycles. The van der Waals surface area contributed by atoms with Crippen molar-refractivity contribution in [3.05, 3.63) is 71.4 Å². The Labute approximate surface area is 213 Å². The van der Waals surface area contributed by atoms with Crippen LogP contribution < -0.4 is 5.32 Å².